The van der Waals surface area contributed by atoms with Crippen LogP contribution in [-0.4, -0.2) is 5.16 Å². The van der Waals surface area contributed by atoms with E-state index in [1.807, 2.05) is 6.07 Å². The molecule has 0 aliphatic rings. The van der Waals surface area contributed by atoms with Crippen molar-refractivity contribution >= 4 is 5.82 Å². The van der Waals surface area contributed by atoms with Crippen molar-refractivity contribution in [1.82, 2.24) is 5.16 Å². The SMILES string of the molecule is CCCCCCCCCCc1cc(N)no1. The molecule has 0 saturated heterocycles. The second kappa shape index (κ2) is 8.20. The van der Waals surface area contributed by atoms with Crippen molar-refractivity contribution in [3.05, 3.63) is 11.8 Å². The Hall–Kier alpha value is -0.990. The van der Waals surface area contributed by atoms with Crippen LogP contribution in [0, 0.1) is 0 Å². The first kappa shape index (κ1) is 13.1. The first-order chi connectivity index (χ1) is 7.83. The quantitative estimate of drug-likeness (QED) is 0.646. The van der Waals surface area contributed by atoms with Gasteiger partial charge in [0, 0.05) is 12.5 Å². The predicted octanol–water partition coefficient (Wildman–Crippen LogP) is 3.94. The number of nitrogens with two attached hydrogens (primary N) is 1. The van der Waals surface area contributed by atoms with E-state index in [0.29, 0.717) is 5.82 Å². The highest BCUT2D eigenvalue weighted by atomic mass is 16.5. The first-order valence-electron chi connectivity index (χ1n) is 6.54. The predicted molar refractivity (Wildman–Crippen MR) is 67.2 cm³/mol. The topological polar surface area (TPSA) is 52.0 Å². The van der Waals surface area contributed by atoms with Crippen LogP contribution in [0.25, 0.3) is 0 Å². The number of nitrogens with zero attached hydrogens (tertiary/aromatic N) is 1. The Morgan fingerprint density at radius 1 is 1.06 bits per heavy atom. The molecule has 0 spiro atoms. The molecule has 1 rings (SSSR count). The summed E-state index contributed by atoms with van der Waals surface area (Å²) in [7, 11) is 0. The lowest BCUT2D eigenvalue weighted by atomic mass is 10.1. The summed E-state index contributed by atoms with van der Waals surface area (Å²) in [6, 6.07) is 1.82. The molecule has 92 valence electrons. The van der Waals surface area contributed by atoms with Gasteiger partial charge in [-0.05, 0) is 6.42 Å². The van der Waals surface area contributed by atoms with Crippen LogP contribution in [0.4, 0.5) is 5.82 Å². The number of aryl methyl sites for hydroxylation is 1. The minimum atomic E-state index is 0.495. The summed E-state index contributed by atoms with van der Waals surface area (Å²) < 4.78 is 5.05. The summed E-state index contributed by atoms with van der Waals surface area (Å²) in [4.78, 5) is 0. The van der Waals surface area contributed by atoms with Crippen LogP contribution >= 0.6 is 0 Å². The van der Waals surface area contributed by atoms with Crippen LogP contribution in [0.2, 0.25) is 0 Å². The Bertz CT molecular complexity index is 271. The van der Waals surface area contributed by atoms with Gasteiger partial charge in [-0.3, -0.25) is 0 Å². The van der Waals surface area contributed by atoms with Gasteiger partial charge < -0.3 is 10.3 Å². The zero-order valence-electron chi connectivity index (χ0n) is 10.4. The smallest absolute Gasteiger partial charge is 0.167 e. The molecule has 0 radical (unpaired) electrons. The molecule has 2 N–H and O–H groups in total. The van der Waals surface area contributed by atoms with Gasteiger partial charge in [0.2, 0.25) is 0 Å². The van der Waals surface area contributed by atoms with Crippen molar-refractivity contribution in [1.29, 1.82) is 0 Å². The highest BCUT2D eigenvalue weighted by Crippen LogP contribution is 2.12. The van der Waals surface area contributed by atoms with Crippen LogP contribution in [0.5, 0.6) is 0 Å². The molecule has 0 bridgehead atoms. The van der Waals surface area contributed by atoms with Gasteiger partial charge >= 0.3 is 0 Å². The van der Waals surface area contributed by atoms with E-state index in [1.165, 1.54) is 51.4 Å². The maximum Gasteiger partial charge on any atom is 0.167 e. The number of aromatic nitrogens is 1. The van der Waals surface area contributed by atoms with Gasteiger partial charge in [-0.1, -0.05) is 57.0 Å². The van der Waals surface area contributed by atoms with Crippen molar-refractivity contribution in [3.8, 4) is 0 Å². The van der Waals surface area contributed by atoms with Crippen LogP contribution < -0.4 is 5.73 Å². The Morgan fingerprint density at radius 3 is 2.25 bits per heavy atom. The fourth-order valence-corrected chi connectivity index (χ4v) is 1.88. The molecule has 1 aromatic heterocycles. The van der Waals surface area contributed by atoms with E-state index < -0.39 is 0 Å². The fraction of sp³-hybridized carbons (Fsp3) is 0.769. The molecular weight excluding hydrogens is 200 g/mol. The Labute approximate surface area is 98.4 Å². The monoisotopic (exact) mass is 224 g/mol. The third kappa shape index (κ3) is 5.79. The number of hydrogen-bond acceptors (Lipinski definition) is 3. The normalized spacial score (nSPS) is 10.8. The van der Waals surface area contributed by atoms with Crippen molar-refractivity contribution < 1.29 is 4.52 Å². The van der Waals surface area contributed by atoms with Gasteiger partial charge in [-0.15, -0.1) is 0 Å². The number of rotatable bonds is 9. The third-order valence-electron chi connectivity index (χ3n) is 2.85. The van der Waals surface area contributed by atoms with E-state index in [4.69, 9.17) is 10.3 Å². The van der Waals surface area contributed by atoms with E-state index >= 15 is 0 Å². The standard InChI is InChI=1S/C13H24N2O/c1-2-3-4-5-6-7-8-9-10-12-11-13(14)15-16-12/h11H,2-10H2,1H3,(H2,14,15). The molecule has 1 aromatic rings. The molecule has 0 amide bonds. The summed E-state index contributed by atoms with van der Waals surface area (Å²) in [6.45, 7) is 2.25. The maximum absolute atomic E-state index is 5.47. The van der Waals surface area contributed by atoms with E-state index in [1.54, 1.807) is 0 Å². The second-order valence-corrected chi connectivity index (χ2v) is 4.44. The van der Waals surface area contributed by atoms with Gasteiger partial charge in [0.25, 0.3) is 0 Å². The molecule has 1 heterocycles. The number of hydrogen-bond donors (Lipinski definition) is 1. The van der Waals surface area contributed by atoms with Gasteiger partial charge in [-0.25, -0.2) is 0 Å². The Morgan fingerprint density at radius 2 is 1.69 bits per heavy atom. The summed E-state index contributed by atoms with van der Waals surface area (Å²) in [5, 5.41) is 3.67. The van der Waals surface area contributed by atoms with Crippen molar-refractivity contribution in [3.63, 3.8) is 0 Å². The van der Waals surface area contributed by atoms with Crippen LogP contribution in [-0.2, 0) is 6.42 Å². The van der Waals surface area contributed by atoms with Crippen LogP contribution in [0.1, 0.15) is 64.1 Å². The minimum absolute atomic E-state index is 0.495. The summed E-state index contributed by atoms with van der Waals surface area (Å²) in [6.07, 6.45) is 11.7. The van der Waals surface area contributed by atoms with Crippen molar-refractivity contribution in [2.24, 2.45) is 0 Å². The highest BCUT2D eigenvalue weighted by Gasteiger charge is 2.00. The lowest BCUT2D eigenvalue weighted by Gasteiger charge is -2.00. The van der Waals surface area contributed by atoms with Crippen LogP contribution in [0.15, 0.2) is 10.6 Å². The lowest BCUT2D eigenvalue weighted by Crippen LogP contribution is -1.84. The van der Waals surface area contributed by atoms with Gasteiger partial charge in [0.05, 0.1) is 0 Å². The molecule has 0 aliphatic carbocycles. The molecule has 0 aliphatic heterocycles. The number of unbranched alkanes of at least 4 members (excludes halogenated alkanes) is 7. The van der Waals surface area contributed by atoms with Crippen LogP contribution in [0.3, 0.4) is 0 Å². The summed E-state index contributed by atoms with van der Waals surface area (Å²) in [5.74, 6) is 1.41. The molecule has 16 heavy (non-hydrogen) atoms. The molecule has 3 nitrogen and oxygen atoms in total. The summed E-state index contributed by atoms with van der Waals surface area (Å²) >= 11 is 0. The number of nitrogen functional groups attached to an aromatic ring is 1. The molecular formula is C13H24N2O. The van der Waals surface area contributed by atoms with Gasteiger partial charge in [0.15, 0.2) is 5.82 Å². The van der Waals surface area contributed by atoms with E-state index in [9.17, 15) is 0 Å². The van der Waals surface area contributed by atoms with Gasteiger partial charge in [0.1, 0.15) is 5.76 Å². The summed E-state index contributed by atoms with van der Waals surface area (Å²) in [5.41, 5.74) is 5.47. The van der Waals surface area contributed by atoms with E-state index in [-0.39, 0.29) is 0 Å². The van der Waals surface area contributed by atoms with Crippen molar-refractivity contribution in [2.45, 2.75) is 64.7 Å². The number of anilines is 1. The van der Waals surface area contributed by atoms with Crippen molar-refractivity contribution in [2.75, 3.05) is 5.73 Å². The average molecular weight is 224 g/mol. The molecule has 3 heteroatoms. The Kier molecular flexibility index (Phi) is 6.70. The zero-order valence-corrected chi connectivity index (χ0v) is 10.4. The second-order valence-electron chi connectivity index (χ2n) is 4.44. The zero-order chi connectivity index (χ0) is 11.6. The first-order valence-corrected chi connectivity index (χ1v) is 6.54. The molecule has 0 aromatic carbocycles. The largest absolute Gasteiger partial charge is 0.381 e. The molecule has 0 atom stereocenters. The molecule has 0 saturated carbocycles. The minimum Gasteiger partial charge on any atom is -0.381 e. The van der Waals surface area contributed by atoms with E-state index in [0.717, 1.165) is 12.2 Å². The molecule has 0 fully saturated rings. The lowest BCUT2D eigenvalue weighted by molar-refractivity contribution is 0.381. The Balaban J connectivity index is 1.88. The van der Waals surface area contributed by atoms with E-state index in [2.05, 4.69) is 12.1 Å². The highest BCUT2D eigenvalue weighted by molar-refractivity contribution is 5.26. The molecule has 0 unspecified atom stereocenters. The fourth-order valence-electron chi connectivity index (χ4n) is 1.88. The third-order valence-corrected chi connectivity index (χ3v) is 2.85. The average Bonchev–Trinajstić information content (AvgIpc) is 2.68. The van der Waals surface area contributed by atoms with Gasteiger partial charge in [-0.2, -0.15) is 0 Å². The maximum atomic E-state index is 5.47.